The molecular weight excluding hydrogens is 260 g/mol. The van der Waals surface area contributed by atoms with Gasteiger partial charge in [0.25, 0.3) is 0 Å². The second-order valence-electron chi connectivity index (χ2n) is 6.65. The van der Waals surface area contributed by atoms with Crippen LogP contribution >= 0.6 is 0 Å². The van der Waals surface area contributed by atoms with Crippen molar-refractivity contribution >= 4 is 5.82 Å². The molecule has 3 heterocycles. The topological polar surface area (TPSA) is 40.2 Å². The van der Waals surface area contributed by atoms with E-state index in [2.05, 4.69) is 32.7 Å². The average Bonchev–Trinajstić information content (AvgIpc) is 2.94. The number of rotatable bonds is 5. The highest BCUT2D eigenvalue weighted by molar-refractivity contribution is 5.35. The van der Waals surface area contributed by atoms with Gasteiger partial charge in [-0.2, -0.15) is 0 Å². The van der Waals surface area contributed by atoms with Gasteiger partial charge in [0.2, 0.25) is 0 Å². The molecule has 116 valence electrons. The molecule has 2 N–H and O–H groups in total. The monoisotopic (exact) mass is 288 g/mol. The van der Waals surface area contributed by atoms with Gasteiger partial charge < -0.3 is 15.5 Å². The highest BCUT2D eigenvalue weighted by Crippen LogP contribution is 2.21. The Morgan fingerprint density at radius 2 is 2.10 bits per heavy atom. The van der Waals surface area contributed by atoms with Crippen LogP contribution in [-0.2, 0) is 0 Å². The number of likely N-dealkylation sites (tertiary alicyclic amines) is 1. The van der Waals surface area contributed by atoms with Crippen molar-refractivity contribution in [3.05, 3.63) is 23.9 Å². The van der Waals surface area contributed by atoms with Gasteiger partial charge in [0.1, 0.15) is 5.82 Å². The van der Waals surface area contributed by atoms with Crippen molar-refractivity contribution in [2.75, 3.05) is 44.6 Å². The molecule has 3 rings (SSSR count). The summed E-state index contributed by atoms with van der Waals surface area (Å²) in [4.78, 5) is 7.19. The molecule has 2 saturated heterocycles. The first kappa shape index (κ1) is 14.8. The van der Waals surface area contributed by atoms with E-state index in [1.807, 2.05) is 13.0 Å². The summed E-state index contributed by atoms with van der Waals surface area (Å²) in [6.07, 6.45) is 4.03. The first-order chi connectivity index (χ1) is 10.3. The Balaban J connectivity index is 1.40. The number of nitrogens with one attached hydrogen (secondary N) is 2. The average molecular weight is 288 g/mol. The molecule has 0 aliphatic carbocycles. The largest absolute Gasteiger partial charge is 0.370 e. The van der Waals surface area contributed by atoms with Gasteiger partial charge in [0, 0.05) is 25.3 Å². The minimum absolute atomic E-state index is 0.772. The summed E-state index contributed by atoms with van der Waals surface area (Å²) in [6.45, 7) is 9.35. The molecule has 4 heteroatoms. The van der Waals surface area contributed by atoms with E-state index in [-0.39, 0.29) is 0 Å². The number of aromatic nitrogens is 1. The lowest BCUT2D eigenvalue weighted by molar-refractivity contribution is 0.235. The van der Waals surface area contributed by atoms with Gasteiger partial charge in [0.05, 0.1) is 0 Å². The number of hydrogen-bond donors (Lipinski definition) is 2. The maximum Gasteiger partial charge on any atom is 0.126 e. The van der Waals surface area contributed by atoms with Gasteiger partial charge in [-0.1, -0.05) is 6.07 Å². The van der Waals surface area contributed by atoms with Crippen LogP contribution in [0.2, 0.25) is 0 Å². The molecule has 0 amide bonds. The van der Waals surface area contributed by atoms with Crippen LogP contribution in [0, 0.1) is 18.8 Å². The molecule has 0 saturated carbocycles. The molecule has 2 aliphatic heterocycles. The van der Waals surface area contributed by atoms with Crippen LogP contribution in [0.25, 0.3) is 0 Å². The van der Waals surface area contributed by atoms with Crippen LogP contribution in [0.3, 0.4) is 0 Å². The number of nitrogens with zero attached hydrogens (tertiary/aromatic N) is 2. The van der Waals surface area contributed by atoms with Gasteiger partial charge in [-0.25, -0.2) is 4.98 Å². The zero-order chi connectivity index (χ0) is 14.5. The van der Waals surface area contributed by atoms with E-state index in [4.69, 9.17) is 0 Å². The molecular formula is C17H28N4. The summed E-state index contributed by atoms with van der Waals surface area (Å²) >= 11 is 0. The van der Waals surface area contributed by atoms with Crippen LogP contribution in [-0.4, -0.2) is 49.2 Å². The van der Waals surface area contributed by atoms with Crippen molar-refractivity contribution < 1.29 is 0 Å². The molecule has 1 aromatic heterocycles. The van der Waals surface area contributed by atoms with Crippen molar-refractivity contribution in [3.63, 3.8) is 0 Å². The summed E-state index contributed by atoms with van der Waals surface area (Å²) in [6, 6.07) is 6.18. The number of anilines is 1. The van der Waals surface area contributed by atoms with E-state index in [1.165, 1.54) is 52.0 Å². The SMILES string of the molecule is Cc1cccc(NCC2CCN(CC3CCNCC3)C2)n1. The second kappa shape index (κ2) is 7.23. The summed E-state index contributed by atoms with van der Waals surface area (Å²) < 4.78 is 0. The molecule has 1 unspecified atom stereocenters. The molecule has 2 fully saturated rings. The first-order valence-corrected chi connectivity index (χ1v) is 8.40. The van der Waals surface area contributed by atoms with E-state index in [9.17, 15) is 0 Å². The van der Waals surface area contributed by atoms with E-state index < -0.39 is 0 Å². The van der Waals surface area contributed by atoms with Crippen molar-refractivity contribution in [1.82, 2.24) is 15.2 Å². The maximum absolute atomic E-state index is 4.52. The number of aryl methyl sites for hydroxylation is 1. The Bertz CT molecular complexity index is 442. The van der Waals surface area contributed by atoms with Crippen molar-refractivity contribution in [1.29, 1.82) is 0 Å². The maximum atomic E-state index is 4.52. The standard InChI is InChI=1S/C17H28N4/c1-14-3-2-4-17(20-14)19-11-16-7-10-21(13-16)12-15-5-8-18-9-6-15/h2-4,15-16,18H,5-13H2,1H3,(H,19,20). The third-order valence-corrected chi connectivity index (χ3v) is 4.81. The predicted molar refractivity (Wildman–Crippen MR) is 87.6 cm³/mol. The molecule has 0 aromatic carbocycles. The van der Waals surface area contributed by atoms with Crippen LogP contribution in [0.1, 0.15) is 25.0 Å². The molecule has 21 heavy (non-hydrogen) atoms. The molecule has 0 radical (unpaired) electrons. The highest BCUT2D eigenvalue weighted by Gasteiger charge is 2.25. The normalized spacial score (nSPS) is 24.3. The smallest absolute Gasteiger partial charge is 0.126 e. The van der Waals surface area contributed by atoms with E-state index in [1.54, 1.807) is 0 Å². The minimum Gasteiger partial charge on any atom is -0.370 e. The van der Waals surface area contributed by atoms with Gasteiger partial charge in [0.15, 0.2) is 0 Å². The Kier molecular flexibility index (Phi) is 5.09. The van der Waals surface area contributed by atoms with Crippen LogP contribution < -0.4 is 10.6 Å². The second-order valence-corrected chi connectivity index (χ2v) is 6.65. The number of piperidine rings is 1. The Morgan fingerprint density at radius 3 is 2.90 bits per heavy atom. The molecule has 4 nitrogen and oxygen atoms in total. The fraction of sp³-hybridized carbons (Fsp3) is 0.706. The van der Waals surface area contributed by atoms with Crippen molar-refractivity contribution in [2.24, 2.45) is 11.8 Å². The third kappa shape index (κ3) is 4.42. The zero-order valence-corrected chi connectivity index (χ0v) is 13.1. The molecule has 0 spiro atoms. The van der Waals surface area contributed by atoms with E-state index in [0.29, 0.717) is 0 Å². The van der Waals surface area contributed by atoms with E-state index >= 15 is 0 Å². The van der Waals surface area contributed by atoms with Crippen LogP contribution in [0.4, 0.5) is 5.82 Å². The first-order valence-electron chi connectivity index (χ1n) is 8.40. The lowest BCUT2D eigenvalue weighted by atomic mass is 9.98. The summed E-state index contributed by atoms with van der Waals surface area (Å²) in [5.74, 6) is 2.71. The fourth-order valence-corrected chi connectivity index (χ4v) is 3.57. The number of hydrogen-bond acceptors (Lipinski definition) is 4. The fourth-order valence-electron chi connectivity index (χ4n) is 3.57. The Labute approximate surface area is 128 Å². The zero-order valence-electron chi connectivity index (χ0n) is 13.1. The quantitative estimate of drug-likeness (QED) is 0.871. The lowest BCUT2D eigenvalue weighted by Crippen LogP contribution is -2.35. The van der Waals surface area contributed by atoms with Crippen molar-refractivity contribution in [2.45, 2.75) is 26.2 Å². The van der Waals surface area contributed by atoms with Crippen LogP contribution in [0.5, 0.6) is 0 Å². The van der Waals surface area contributed by atoms with E-state index in [0.717, 1.165) is 29.9 Å². The molecule has 0 bridgehead atoms. The number of pyridine rings is 1. The van der Waals surface area contributed by atoms with Crippen molar-refractivity contribution in [3.8, 4) is 0 Å². The van der Waals surface area contributed by atoms with Gasteiger partial charge in [-0.05, 0) is 69.8 Å². The Morgan fingerprint density at radius 1 is 1.24 bits per heavy atom. The summed E-state index contributed by atoms with van der Waals surface area (Å²) in [5.41, 5.74) is 1.08. The summed E-state index contributed by atoms with van der Waals surface area (Å²) in [5, 5.41) is 6.96. The van der Waals surface area contributed by atoms with Gasteiger partial charge in [-0.3, -0.25) is 0 Å². The third-order valence-electron chi connectivity index (χ3n) is 4.81. The van der Waals surface area contributed by atoms with Gasteiger partial charge in [-0.15, -0.1) is 0 Å². The molecule has 1 atom stereocenters. The minimum atomic E-state index is 0.772. The van der Waals surface area contributed by atoms with Gasteiger partial charge >= 0.3 is 0 Å². The highest BCUT2D eigenvalue weighted by atomic mass is 15.2. The lowest BCUT2D eigenvalue weighted by Gasteiger charge is -2.27. The summed E-state index contributed by atoms with van der Waals surface area (Å²) in [7, 11) is 0. The predicted octanol–water partition coefficient (Wildman–Crippen LogP) is 2.12. The Hall–Kier alpha value is -1.13. The molecule has 1 aromatic rings. The van der Waals surface area contributed by atoms with Crippen LogP contribution in [0.15, 0.2) is 18.2 Å². The molecule has 2 aliphatic rings.